The Morgan fingerprint density at radius 3 is 3.33 bits per heavy atom. The largest absolute Gasteiger partial charge is 0.306 e. The molecule has 0 spiro atoms. The molecule has 0 bridgehead atoms. The fourth-order valence-corrected chi connectivity index (χ4v) is 1.19. The van der Waals surface area contributed by atoms with Crippen LogP contribution in [0.2, 0.25) is 0 Å². The van der Waals surface area contributed by atoms with Gasteiger partial charge in [0, 0.05) is 12.6 Å². The van der Waals surface area contributed by atoms with Crippen molar-refractivity contribution in [2.45, 2.75) is 6.42 Å². The molecule has 2 aromatic rings. The number of carbonyl (C=O) groups excluding carboxylic acids is 1. The molecule has 2 rings (SSSR count). The van der Waals surface area contributed by atoms with Gasteiger partial charge in [0.25, 0.3) is 0 Å². The van der Waals surface area contributed by atoms with Crippen molar-refractivity contribution in [1.82, 2.24) is 9.38 Å². The lowest BCUT2D eigenvalue weighted by Gasteiger charge is -1.96. The molecule has 0 N–H and O–H groups in total. The summed E-state index contributed by atoms with van der Waals surface area (Å²) in [7, 11) is 0. The van der Waals surface area contributed by atoms with Gasteiger partial charge in [-0.15, -0.1) is 0 Å². The van der Waals surface area contributed by atoms with Gasteiger partial charge in [-0.05, 0) is 17.7 Å². The molecule has 2 aromatic heterocycles. The van der Waals surface area contributed by atoms with E-state index in [0.717, 1.165) is 17.4 Å². The van der Waals surface area contributed by atoms with Gasteiger partial charge in [0.05, 0.1) is 18.0 Å². The lowest BCUT2D eigenvalue weighted by atomic mass is 10.2. The van der Waals surface area contributed by atoms with Crippen molar-refractivity contribution >= 4 is 11.8 Å². The molecule has 0 fully saturated rings. The summed E-state index contributed by atoms with van der Waals surface area (Å²) in [5.74, 6) is 0. The second-order valence-corrected chi connectivity index (χ2v) is 2.63. The maximum absolute atomic E-state index is 10.2. The molecule has 0 aliphatic heterocycles. The summed E-state index contributed by atoms with van der Waals surface area (Å²) in [4.78, 5) is 14.2. The third-order valence-electron chi connectivity index (χ3n) is 1.80. The Morgan fingerprint density at radius 1 is 1.58 bits per heavy atom. The van der Waals surface area contributed by atoms with Gasteiger partial charge >= 0.3 is 0 Å². The van der Waals surface area contributed by atoms with E-state index in [2.05, 4.69) is 4.98 Å². The number of hydrogen-bond donors (Lipinski definition) is 0. The molecule has 0 radical (unpaired) electrons. The molecule has 3 heteroatoms. The number of aldehydes is 1. The van der Waals surface area contributed by atoms with E-state index in [0.29, 0.717) is 6.42 Å². The van der Waals surface area contributed by atoms with Crippen LogP contribution in [0.4, 0.5) is 0 Å². The fraction of sp³-hybridized carbons (Fsp3) is 0.111. The summed E-state index contributed by atoms with van der Waals surface area (Å²) in [5.41, 5.74) is 2.05. The van der Waals surface area contributed by atoms with E-state index in [9.17, 15) is 4.79 Å². The highest BCUT2D eigenvalue weighted by Gasteiger charge is 1.94. The number of aromatic nitrogens is 2. The van der Waals surface area contributed by atoms with Gasteiger partial charge in [-0.2, -0.15) is 0 Å². The summed E-state index contributed by atoms with van der Waals surface area (Å²) >= 11 is 0. The molecule has 0 saturated carbocycles. The third kappa shape index (κ3) is 1.09. The van der Waals surface area contributed by atoms with Crippen molar-refractivity contribution < 1.29 is 4.79 Å². The monoisotopic (exact) mass is 160 g/mol. The summed E-state index contributed by atoms with van der Waals surface area (Å²) in [6.07, 6.45) is 6.79. The maximum atomic E-state index is 10.2. The molecule has 3 nitrogen and oxygen atoms in total. The number of nitrogens with zero attached hydrogens (tertiary/aromatic N) is 2. The van der Waals surface area contributed by atoms with Crippen molar-refractivity contribution in [2.24, 2.45) is 0 Å². The molecule has 0 atom stereocenters. The predicted molar refractivity (Wildman–Crippen MR) is 45.0 cm³/mol. The Labute approximate surface area is 69.7 Å². The first-order valence-corrected chi connectivity index (χ1v) is 3.74. The Kier molecular flexibility index (Phi) is 1.63. The lowest BCUT2D eigenvalue weighted by molar-refractivity contribution is -0.107. The quantitative estimate of drug-likeness (QED) is 0.616. The Morgan fingerprint density at radius 2 is 2.50 bits per heavy atom. The highest BCUT2D eigenvalue weighted by Crippen LogP contribution is 2.05. The summed E-state index contributed by atoms with van der Waals surface area (Å²) in [6, 6.07) is 3.88. The normalized spacial score (nSPS) is 10.3. The lowest BCUT2D eigenvalue weighted by Crippen LogP contribution is -1.88. The van der Waals surface area contributed by atoms with Gasteiger partial charge in [-0.1, -0.05) is 0 Å². The van der Waals surface area contributed by atoms with Crippen LogP contribution in [0.1, 0.15) is 5.56 Å². The molecule has 0 saturated heterocycles. The van der Waals surface area contributed by atoms with Crippen LogP contribution < -0.4 is 0 Å². The van der Waals surface area contributed by atoms with Crippen molar-refractivity contribution in [3.05, 3.63) is 36.4 Å². The van der Waals surface area contributed by atoms with Crippen molar-refractivity contribution in [3.63, 3.8) is 0 Å². The van der Waals surface area contributed by atoms with E-state index in [1.807, 2.05) is 22.7 Å². The van der Waals surface area contributed by atoms with Crippen LogP contribution >= 0.6 is 0 Å². The molecule has 0 aliphatic rings. The summed E-state index contributed by atoms with van der Waals surface area (Å²) in [5, 5.41) is 0. The van der Waals surface area contributed by atoms with Gasteiger partial charge in [-0.3, -0.25) is 0 Å². The zero-order valence-electron chi connectivity index (χ0n) is 6.47. The molecule has 60 valence electrons. The SMILES string of the molecule is O=CCc1ccn2cncc2c1. The number of pyridine rings is 1. The molecular weight excluding hydrogens is 152 g/mol. The zero-order chi connectivity index (χ0) is 8.39. The Balaban J connectivity index is 2.52. The van der Waals surface area contributed by atoms with E-state index >= 15 is 0 Å². The van der Waals surface area contributed by atoms with E-state index in [4.69, 9.17) is 0 Å². The van der Waals surface area contributed by atoms with E-state index < -0.39 is 0 Å². The van der Waals surface area contributed by atoms with E-state index in [1.165, 1.54) is 0 Å². The van der Waals surface area contributed by atoms with Gasteiger partial charge < -0.3 is 9.20 Å². The molecule has 0 unspecified atom stereocenters. The highest BCUT2D eigenvalue weighted by molar-refractivity contribution is 5.57. The molecule has 2 heterocycles. The standard InChI is InChI=1S/C9H8N2O/c12-4-2-8-1-3-11-7-10-6-9(11)5-8/h1,3-7H,2H2. The van der Waals surface area contributed by atoms with Crippen LogP contribution in [0, 0.1) is 0 Å². The van der Waals surface area contributed by atoms with Gasteiger partial charge in [0.2, 0.25) is 0 Å². The van der Waals surface area contributed by atoms with Gasteiger partial charge in [0.1, 0.15) is 6.29 Å². The van der Waals surface area contributed by atoms with Crippen LogP contribution in [-0.4, -0.2) is 15.7 Å². The fourth-order valence-electron chi connectivity index (χ4n) is 1.19. The predicted octanol–water partition coefficient (Wildman–Crippen LogP) is 1.08. The van der Waals surface area contributed by atoms with Crippen molar-refractivity contribution in [1.29, 1.82) is 0 Å². The maximum Gasteiger partial charge on any atom is 0.124 e. The van der Waals surface area contributed by atoms with Crippen LogP contribution in [0.3, 0.4) is 0 Å². The van der Waals surface area contributed by atoms with Crippen molar-refractivity contribution in [3.8, 4) is 0 Å². The molecule has 0 aliphatic carbocycles. The van der Waals surface area contributed by atoms with E-state index in [1.54, 1.807) is 12.5 Å². The van der Waals surface area contributed by atoms with Gasteiger partial charge in [0.15, 0.2) is 0 Å². The average molecular weight is 160 g/mol. The Hall–Kier alpha value is -1.64. The Bertz CT molecular complexity index is 406. The van der Waals surface area contributed by atoms with Gasteiger partial charge in [-0.25, -0.2) is 4.98 Å². The van der Waals surface area contributed by atoms with Crippen molar-refractivity contribution in [2.75, 3.05) is 0 Å². The summed E-state index contributed by atoms with van der Waals surface area (Å²) < 4.78 is 1.91. The second-order valence-electron chi connectivity index (χ2n) is 2.63. The van der Waals surface area contributed by atoms with Crippen LogP contribution in [0.5, 0.6) is 0 Å². The minimum Gasteiger partial charge on any atom is -0.306 e. The minimum atomic E-state index is 0.474. The van der Waals surface area contributed by atoms with E-state index in [-0.39, 0.29) is 0 Å². The molecule has 0 amide bonds. The molecule has 12 heavy (non-hydrogen) atoms. The topological polar surface area (TPSA) is 34.4 Å². The van der Waals surface area contributed by atoms with Crippen LogP contribution in [0.15, 0.2) is 30.9 Å². The average Bonchev–Trinajstić information content (AvgIpc) is 2.51. The minimum absolute atomic E-state index is 0.474. The number of fused-ring (bicyclic) bond motifs is 1. The smallest absolute Gasteiger partial charge is 0.124 e. The zero-order valence-corrected chi connectivity index (χ0v) is 6.47. The second kappa shape index (κ2) is 2.77. The molecule has 0 aromatic carbocycles. The third-order valence-corrected chi connectivity index (χ3v) is 1.80. The number of rotatable bonds is 2. The summed E-state index contributed by atoms with van der Waals surface area (Å²) in [6.45, 7) is 0. The first kappa shape index (κ1) is 7.03. The first-order valence-electron chi connectivity index (χ1n) is 3.74. The number of imidazole rings is 1. The highest BCUT2D eigenvalue weighted by atomic mass is 16.1. The molecular formula is C9H8N2O. The van der Waals surface area contributed by atoms with Crippen LogP contribution in [-0.2, 0) is 11.2 Å². The first-order chi connectivity index (χ1) is 5.90. The van der Waals surface area contributed by atoms with Crippen LogP contribution in [0.25, 0.3) is 5.52 Å². The number of hydrogen-bond acceptors (Lipinski definition) is 2. The number of carbonyl (C=O) groups is 1.